The Balaban J connectivity index is 2.16. The van der Waals surface area contributed by atoms with Gasteiger partial charge in [-0.3, -0.25) is 0 Å². The summed E-state index contributed by atoms with van der Waals surface area (Å²) >= 11 is 0. The molecule has 15 heavy (non-hydrogen) atoms. The standard InChI is InChI=1S/C13H18N2/c1-14-8-3-4-11-5-6-13-12(10-11)7-9-15(13)2/h3-6,10,14H,7-9H2,1-2H3. The van der Waals surface area contributed by atoms with Crippen LogP contribution in [0.5, 0.6) is 0 Å². The van der Waals surface area contributed by atoms with Gasteiger partial charge >= 0.3 is 0 Å². The maximum absolute atomic E-state index is 3.10. The molecule has 0 unspecified atom stereocenters. The largest absolute Gasteiger partial charge is 0.374 e. The van der Waals surface area contributed by atoms with Crippen LogP contribution in [0, 0.1) is 0 Å². The number of nitrogens with one attached hydrogen (secondary N) is 1. The minimum atomic E-state index is 0.928. The number of benzene rings is 1. The molecule has 0 radical (unpaired) electrons. The van der Waals surface area contributed by atoms with E-state index in [9.17, 15) is 0 Å². The highest BCUT2D eigenvalue weighted by atomic mass is 15.1. The van der Waals surface area contributed by atoms with Crippen molar-refractivity contribution in [1.82, 2.24) is 5.32 Å². The van der Waals surface area contributed by atoms with Gasteiger partial charge in [0.2, 0.25) is 0 Å². The van der Waals surface area contributed by atoms with Gasteiger partial charge in [0.25, 0.3) is 0 Å². The number of likely N-dealkylation sites (N-methyl/N-ethyl adjacent to an activating group) is 2. The fraction of sp³-hybridized carbons (Fsp3) is 0.385. The van der Waals surface area contributed by atoms with Crippen LogP contribution in [0.3, 0.4) is 0 Å². The maximum Gasteiger partial charge on any atom is 0.0397 e. The molecule has 0 fully saturated rings. The van der Waals surface area contributed by atoms with Crippen molar-refractivity contribution in [3.05, 3.63) is 35.4 Å². The molecule has 1 aromatic rings. The van der Waals surface area contributed by atoms with E-state index in [1.807, 2.05) is 7.05 Å². The first-order valence-corrected chi connectivity index (χ1v) is 5.46. The summed E-state index contributed by atoms with van der Waals surface area (Å²) in [4.78, 5) is 2.32. The van der Waals surface area contributed by atoms with Gasteiger partial charge in [-0.25, -0.2) is 0 Å². The monoisotopic (exact) mass is 202 g/mol. The topological polar surface area (TPSA) is 15.3 Å². The van der Waals surface area contributed by atoms with Gasteiger partial charge in [0, 0.05) is 25.8 Å². The molecule has 80 valence electrons. The zero-order valence-electron chi connectivity index (χ0n) is 9.46. The fourth-order valence-corrected chi connectivity index (χ4v) is 2.00. The Morgan fingerprint density at radius 1 is 1.47 bits per heavy atom. The molecular weight excluding hydrogens is 184 g/mol. The van der Waals surface area contributed by atoms with E-state index >= 15 is 0 Å². The van der Waals surface area contributed by atoms with Gasteiger partial charge in [0.1, 0.15) is 0 Å². The third-order valence-corrected chi connectivity index (χ3v) is 2.86. The summed E-state index contributed by atoms with van der Waals surface area (Å²) in [7, 11) is 4.12. The lowest BCUT2D eigenvalue weighted by molar-refractivity contribution is 0.922. The Morgan fingerprint density at radius 2 is 2.33 bits per heavy atom. The quantitative estimate of drug-likeness (QED) is 0.805. The first-order chi connectivity index (χ1) is 7.31. The second-order valence-electron chi connectivity index (χ2n) is 4.02. The molecule has 1 heterocycles. The van der Waals surface area contributed by atoms with E-state index in [0.717, 1.165) is 13.1 Å². The van der Waals surface area contributed by atoms with Crippen LogP contribution in [-0.2, 0) is 6.42 Å². The van der Waals surface area contributed by atoms with Crippen molar-refractivity contribution in [3.63, 3.8) is 0 Å². The van der Waals surface area contributed by atoms with Crippen LogP contribution in [0.25, 0.3) is 6.08 Å². The molecule has 0 aromatic heterocycles. The third kappa shape index (κ3) is 2.21. The molecule has 0 bridgehead atoms. The average molecular weight is 202 g/mol. The van der Waals surface area contributed by atoms with E-state index in [1.165, 1.54) is 23.2 Å². The van der Waals surface area contributed by atoms with Gasteiger partial charge < -0.3 is 10.2 Å². The number of rotatable bonds is 3. The third-order valence-electron chi connectivity index (χ3n) is 2.86. The van der Waals surface area contributed by atoms with Crippen LogP contribution in [-0.4, -0.2) is 27.2 Å². The first kappa shape index (κ1) is 10.2. The highest BCUT2D eigenvalue weighted by Crippen LogP contribution is 2.27. The van der Waals surface area contributed by atoms with Crippen molar-refractivity contribution >= 4 is 11.8 Å². The van der Waals surface area contributed by atoms with E-state index in [0.29, 0.717) is 0 Å². The number of fused-ring (bicyclic) bond motifs is 1. The molecule has 1 aromatic carbocycles. The van der Waals surface area contributed by atoms with Crippen LogP contribution < -0.4 is 10.2 Å². The Labute approximate surface area is 91.6 Å². The predicted octanol–water partition coefficient (Wildman–Crippen LogP) is 1.91. The summed E-state index contributed by atoms with van der Waals surface area (Å²) < 4.78 is 0. The smallest absolute Gasteiger partial charge is 0.0397 e. The molecule has 0 saturated heterocycles. The van der Waals surface area contributed by atoms with E-state index in [2.05, 4.69) is 47.6 Å². The molecule has 1 aliphatic rings. The van der Waals surface area contributed by atoms with E-state index in [1.54, 1.807) is 0 Å². The normalized spacial score (nSPS) is 14.9. The van der Waals surface area contributed by atoms with Gasteiger partial charge in [-0.1, -0.05) is 18.2 Å². The lowest BCUT2D eigenvalue weighted by Gasteiger charge is -2.11. The van der Waals surface area contributed by atoms with Crippen molar-refractivity contribution in [2.45, 2.75) is 6.42 Å². The van der Waals surface area contributed by atoms with Gasteiger partial charge in [0.15, 0.2) is 0 Å². The van der Waals surface area contributed by atoms with Crippen LogP contribution in [0.1, 0.15) is 11.1 Å². The summed E-state index contributed by atoms with van der Waals surface area (Å²) in [5, 5.41) is 3.10. The van der Waals surface area contributed by atoms with Crippen LogP contribution in [0.15, 0.2) is 24.3 Å². The summed E-state index contributed by atoms with van der Waals surface area (Å²) in [6.45, 7) is 2.08. The SMILES string of the molecule is CNCC=Cc1ccc2c(c1)CCN2C. The fourth-order valence-electron chi connectivity index (χ4n) is 2.00. The van der Waals surface area contributed by atoms with Crippen molar-refractivity contribution in [3.8, 4) is 0 Å². The molecule has 1 N–H and O–H groups in total. The molecule has 0 amide bonds. The molecular formula is C13H18N2. The van der Waals surface area contributed by atoms with Gasteiger partial charge in [-0.05, 0) is 36.7 Å². The lowest BCUT2D eigenvalue weighted by Crippen LogP contribution is -2.12. The Bertz CT molecular complexity index is 369. The predicted molar refractivity (Wildman–Crippen MR) is 66.4 cm³/mol. The highest BCUT2D eigenvalue weighted by molar-refractivity contribution is 5.63. The molecule has 2 rings (SSSR count). The minimum absolute atomic E-state index is 0.928. The molecule has 1 aliphatic heterocycles. The zero-order valence-corrected chi connectivity index (χ0v) is 9.46. The zero-order chi connectivity index (χ0) is 10.7. The van der Waals surface area contributed by atoms with Gasteiger partial charge in [-0.2, -0.15) is 0 Å². The minimum Gasteiger partial charge on any atom is -0.374 e. The summed E-state index contributed by atoms with van der Waals surface area (Å²) in [5.74, 6) is 0. The second-order valence-corrected chi connectivity index (χ2v) is 4.02. The summed E-state index contributed by atoms with van der Waals surface area (Å²) in [6.07, 6.45) is 5.51. The first-order valence-electron chi connectivity index (χ1n) is 5.46. The molecule has 0 spiro atoms. The second kappa shape index (κ2) is 4.49. The van der Waals surface area contributed by atoms with E-state index in [-0.39, 0.29) is 0 Å². The summed E-state index contributed by atoms with van der Waals surface area (Å²) in [6, 6.07) is 6.71. The lowest BCUT2D eigenvalue weighted by atomic mass is 10.1. The number of hydrogen-bond acceptors (Lipinski definition) is 2. The Kier molecular flexibility index (Phi) is 3.07. The highest BCUT2D eigenvalue weighted by Gasteiger charge is 2.14. The van der Waals surface area contributed by atoms with Crippen molar-refractivity contribution in [2.75, 3.05) is 32.1 Å². The molecule has 0 saturated carbocycles. The maximum atomic E-state index is 3.10. The Hall–Kier alpha value is -1.28. The van der Waals surface area contributed by atoms with Crippen LogP contribution >= 0.6 is 0 Å². The number of nitrogens with zero attached hydrogens (tertiary/aromatic N) is 1. The van der Waals surface area contributed by atoms with E-state index in [4.69, 9.17) is 0 Å². The van der Waals surface area contributed by atoms with Gasteiger partial charge in [-0.15, -0.1) is 0 Å². The van der Waals surface area contributed by atoms with Crippen molar-refractivity contribution in [2.24, 2.45) is 0 Å². The van der Waals surface area contributed by atoms with Crippen LogP contribution in [0.2, 0.25) is 0 Å². The van der Waals surface area contributed by atoms with E-state index < -0.39 is 0 Å². The molecule has 2 heteroatoms. The van der Waals surface area contributed by atoms with Crippen LogP contribution in [0.4, 0.5) is 5.69 Å². The van der Waals surface area contributed by atoms with Gasteiger partial charge in [0.05, 0.1) is 0 Å². The number of hydrogen-bond donors (Lipinski definition) is 1. The molecule has 2 nitrogen and oxygen atoms in total. The van der Waals surface area contributed by atoms with Crippen molar-refractivity contribution < 1.29 is 0 Å². The molecule has 0 aliphatic carbocycles. The molecule has 0 atom stereocenters. The number of anilines is 1. The van der Waals surface area contributed by atoms with Crippen molar-refractivity contribution in [1.29, 1.82) is 0 Å². The Morgan fingerprint density at radius 3 is 3.13 bits per heavy atom. The average Bonchev–Trinajstić information content (AvgIpc) is 2.61. The summed E-state index contributed by atoms with van der Waals surface area (Å²) in [5.41, 5.74) is 4.17.